The maximum absolute atomic E-state index is 14.0. The van der Waals surface area contributed by atoms with Crippen molar-refractivity contribution in [3.05, 3.63) is 35.1 Å². The van der Waals surface area contributed by atoms with Crippen LogP contribution in [0.15, 0.2) is 12.1 Å². The number of benzene rings is 1. The number of halogens is 3. The highest BCUT2D eigenvalue weighted by Gasteiger charge is 2.27. The molecule has 1 aromatic carbocycles. The minimum atomic E-state index is -1.32. The summed E-state index contributed by atoms with van der Waals surface area (Å²) in [5.74, 6) is -0.721. The van der Waals surface area contributed by atoms with Crippen molar-refractivity contribution < 1.29 is 13.2 Å². The van der Waals surface area contributed by atoms with Gasteiger partial charge in [-0.15, -0.1) is 0 Å². The van der Waals surface area contributed by atoms with Crippen LogP contribution in [0.1, 0.15) is 102 Å². The fourth-order valence-electron chi connectivity index (χ4n) is 5.39. The molecule has 0 unspecified atom stereocenters. The van der Waals surface area contributed by atoms with Crippen molar-refractivity contribution in [3.63, 3.8) is 0 Å². The Morgan fingerprint density at radius 2 is 1.22 bits per heavy atom. The van der Waals surface area contributed by atoms with Crippen LogP contribution in [0.25, 0.3) is 0 Å². The Kier molecular flexibility index (Phi) is 7.66. The zero-order valence-electron chi connectivity index (χ0n) is 16.8. The van der Waals surface area contributed by atoms with E-state index in [4.69, 9.17) is 0 Å². The molecule has 3 rings (SSSR count). The van der Waals surface area contributed by atoms with Crippen molar-refractivity contribution in [2.45, 2.75) is 96.3 Å². The Hall–Kier alpha value is -0.990. The van der Waals surface area contributed by atoms with Crippen molar-refractivity contribution >= 4 is 0 Å². The molecule has 3 heteroatoms. The number of hydrogen-bond acceptors (Lipinski definition) is 0. The van der Waals surface area contributed by atoms with Gasteiger partial charge in [0.2, 0.25) is 0 Å². The van der Waals surface area contributed by atoms with Crippen molar-refractivity contribution in [1.29, 1.82) is 0 Å². The highest BCUT2D eigenvalue weighted by Crippen LogP contribution is 2.41. The molecule has 0 heterocycles. The molecule has 27 heavy (non-hydrogen) atoms. The van der Waals surface area contributed by atoms with Crippen LogP contribution in [0.5, 0.6) is 0 Å². The second-order valence-corrected chi connectivity index (χ2v) is 9.09. The first kappa shape index (κ1) is 20.7. The maximum atomic E-state index is 14.0. The summed E-state index contributed by atoms with van der Waals surface area (Å²) in [6.07, 6.45) is 16.4. The van der Waals surface area contributed by atoms with Crippen molar-refractivity contribution in [2.75, 3.05) is 0 Å². The van der Waals surface area contributed by atoms with Gasteiger partial charge in [0.1, 0.15) is 0 Å². The summed E-state index contributed by atoms with van der Waals surface area (Å²) in [6, 6.07) is 2.51. The minimum Gasteiger partial charge on any atom is -0.204 e. The largest absolute Gasteiger partial charge is 0.204 e. The van der Waals surface area contributed by atoms with E-state index in [0.717, 1.165) is 49.5 Å². The predicted molar refractivity (Wildman–Crippen MR) is 105 cm³/mol. The van der Waals surface area contributed by atoms with E-state index in [9.17, 15) is 13.2 Å². The second kappa shape index (κ2) is 9.98. The molecule has 0 bridgehead atoms. The molecule has 0 nitrogen and oxygen atoms in total. The fraction of sp³-hybridized carbons (Fsp3) is 0.750. The van der Waals surface area contributed by atoms with Gasteiger partial charge in [-0.05, 0) is 61.0 Å². The monoisotopic (exact) mass is 380 g/mol. The molecule has 0 saturated heterocycles. The first-order valence-corrected chi connectivity index (χ1v) is 11.2. The standard InChI is InChI=1S/C24H35F3/c1-2-3-4-17-5-7-18(8-6-17)9-10-19-11-13-20(14-12-19)21-15-16-22(25)24(27)23(21)26/h15-20H,2-14H2,1H3. The lowest BCUT2D eigenvalue weighted by molar-refractivity contribution is 0.222. The van der Waals surface area contributed by atoms with E-state index in [-0.39, 0.29) is 5.92 Å². The Labute approximate surface area is 162 Å². The van der Waals surface area contributed by atoms with E-state index in [1.165, 1.54) is 63.9 Å². The van der Waals surface area contributed by atoms with Gasteiger partial charge in [-0.3, -0.25) is 0 Å². The van der Waals surface area contributed by atoms with Gasteiger partial charge in [-0.25, -0.2) is 13.2 Å². The van der Waals surface area contributed by atoms with Crippen LogP contribution >= 0.6 is 0 Å². The predicted octanol–water partition coefficient (Wildman–Crippen LogP) is 8.15. The molecule has 1 aromatic rings. The molecule has 0 radical (unpaired) electrons. The molecule has 152 valence electrons. The summed E-state index contributed by atoms with van der Waals surface area (Å²) >= 11 is 0. The van der Waals surface area contributed by atoms with Gasteiger partial charge in [0.15, 0.2) is 17.5 Å². The van der Waals surface area contributed by atoms with Crippen molar-refractivity contribution in [1.82, 2.24) is 0 Å². The SMILES string of the molecule is CCCCC1CCC(CCC2CCC(c3ccc(F)c(F)c3F)CC2)CC1. The third kappa shape index (κ3) is 5.51. The van der Waals surface area contributed by atoms with Gasteiger partial charge in [0, 0.05) is 0 Å². The van der Waals surface area contributed by atoms with Gasteiger partial charge in [-0.2, -0.15) is 0 Å². The smallest absolute Gasteiger partial charge is 0.194 e. The lowest BCUT2D eigenvalue weighted by Crippen LogP contribution is -2.18. The summed E-state index contributed by atoms with van der Waals surface area (Å²) < 4.78 is 40.7. The Bertz CT molecular complexity index is 582. The fourth-order valence-corrected chi connectivity index (χ4v) is 5.39. The van der Waals surface area contributed by atoms with E-state index >= 15 is 0 Å². The van der Waals surface area contributed by atoms with Crippen molar-refractivity contribution in [2.24, 2.45) is 17.8 Å². The molecule has 0 aliphatic heterocycles. The molecule has 2 fully saturated rings. The number of hydrogen-bond donors (Lipinski definition) is 0. The maximum Gasteiger partial charge on any atom is 0.194 e. The minimum absolute atomic E-state index is 0.0466. The summed E-state index contributed by atoms with van der Waals surface area (Å²) in [5.41, 5.74) is 0.373. The van der Waals surface area contributed by atoms with Gasteiger partial charge < -0.3 is 0 Å². The van der Waals surface area contributed by atoms with E-state index in [1.807, 2.05) is 0 Å². The summed E-state index contributed by atoms with van der Waals surface area (Å²) in [7, 11) is 0. The molecule has 2 aliphatic rings. The second-order valence-electron chi connectivity index (χ2n) is 9.09. The van der Waals surface area contributed by atoms with Crippen LogP contribution < -0.4 is 0 Å². The van der Waals surface area contributed by atoms with E-state index in [2.05, 4.69) is 6.92 Å². The van der Waals surface area contributed by atoms with Gasteiger partial charge >= 0.3 is 0 Å². The van der Waals surface area contributed by atoms with E-state index in [1.54, 1.807) is 0 Å². The Balaban J connectivity index is 1.39. The van der Waals surface area contributed by atoms with Gasteiger partial charge in [0.25, 0.3) is 0 Å². The molecular weight excluding hydrogens is 345 g/mol. The Morgan fingerprint density at radius 1 is 0.704 bits per heavy atom. The van der Waals surface area contributed by atoms with Crippen LogP contribution in [0.2, 0.25) is 0 Å². The zero-order chi connectivity index (χ0) is 19.2. The lowest BCUT2D eigenvalue weighted by Gasteiger charge is -2.32. The average Bonchev–Trinajstić information content (AvgIpc) is 2.70. The van der Waals surface area contributed by atoms with E-state index < -0.39 is 17.5 Å². The average molecular weight is 381 g/mol. The third-order valence-corrected chi connectivity index (χ3v) is 7.27. The van der Waals surface area contributed by atoms with Crippen LogP contribution in [0.3, 0.4) is 0 Å². The molecule has 0 atom stereocenters. The van der Waals surface area contributed by atoms with Gasteiger partial charge in [-0.1, -0.05) is 70.8 Å². The third-order valence-electron chi connectivity index (χ3n) is 7.27. The molecule has 0 amide bonds. The first-order valence-electron chi connectivity index (χ1n) is 11.2. The summed E-state index contributed by atoms with van der Waals surface area (Å²) in [6.45, 7) is 2.28. The van der Waals surface area contributed by atoms with Crippen molar-refractivity contribution in [3.8, 4) is 0 Å². The Morgan fingerprint density at radius 3 is 1.78 bits per heavy atom. The lowest BCUT2D eigenvalue weighted by atomic mass is 9.74. The number of unbranched alkanes of at least 4 members (excludes halogenated alkanes) is 1. The van der Waals surface area contributed by atoms with Gasteiger partial charge in [0.05, 0.1) is 0 Å². The zero-order valence-corrected chi connectivity index (χ0v) is 16.8. The highest BCUT2D eigenvalue weighted by molar-refractivity contribution is 5.24. The van der Waals surface area contributed by atoms with Crippen LogP contribution in [-0.4, -0.2) is 0 Å². The molecule has 0 N–H and O–H groups in total. The first-order chi connectivity index (χ1) is 13.1. The summed E-state index contributed by atoms with van der Waals surface area (Å²) in [5, 5.41) is 0. The topological polar surface area (TPSA) is 0 Å². The molecular formula is C24H35F3. The molecule has 2 aliphatic carbocycles. The highest BCUT2D eigenvalue weighted by atomic mass is 19.2. The van der Waals surface area contributed by atoms with Crippen LogP contribution in [0, 0.1) is 35.2 Å². The van der Waals surface area contributed by atoms with Crippen LogP contribution in [-0.2, 0) is 0 Å². The normalized spacial score (nSPS) is 29.0. The molecule has 0 spiro atoms. The quantitative estimate of drug-likeness (QED) is 0.419. The molecule has 0 aromatic heterocycles. The van der Waals surface area contributed by atoms with E-state index in [0.29, 0.717) is 5.56 Å². The van der Waals surface area contributed by atoms with Crippen LogP contribution in [0.4, 0.5) is 13.2 Å². The summed E-state index contributed by atoms with van der Waals surface area (Å²) in [4.78, 5) is 0. The molecule has 2 saturated carbocycles. The number of rotatable bonds is 7.